The lowest BCUT2D eigenvalue weighted by Gasteiger charge is -2.18. The molecule has 0 saturated carbocycles. The Hall–Kier alpha value is -2.89. The summed E-state index contributed by atoms with van der Waals surface area (Å²) in [6.07, 6.45) is 81.1. The predicted octanol–water partition coefficient (Wildman–Crippen LogP) is 22.3. The Bertz CT molecular complexity index is 1340. The zero-order valence-corrected chi connectivity index (χ0v) is 50.1. The van der Waals surface area contributed by atoms with Crippen molar-refractivity contribution in [3.8, 4) is 0 Å². The molecule has 1 atom stereocenters. The van der Waals surface area contributed by atoms with E-state index in [1.807, 2.05) is 0 Å². The molecule has 0 spiro atoms. The summed E-state index contributed by atoms with van der Waals surface area (Å²) in [4.78, 5) is 38.1. The maximum absolute atomic E-state index is 12.9. The molecular weight excluding hydrogens is 925 g/mol. The van der Waals surface area contributed by atoms with Crippen LogP contribution in [0.1, 0.15) is 342 Å². The van der Waals surface area contributed by atoms with Crippen molar-refractivity contribution in [2.24, 2.45) is 0 Å². The molecule has 0 fully saturated rings. The SMILES string of the molecule is CC/C=C\C/C=C\C/C=C\C/C=C\C/C=C\CCCCCCCCCCCCCCCCCC(=O)OCC(COC(=O)CCCCCCCCCC)OC(=O)CCCCCCCCCCCCCCCCCCCC. The van der Waals surface area contributed by atoms with Gasteiger partial charge < -0.3 is 14.2 Å². The van der Waals surface area contributed by atoms with Crippen molar-refractivity contribution in [1.82, 2.24) is 0 Å². The molecule has 0 amide bonds. The van der Waals surface area contributed by atoms with E-state index in [0.717, 1.165) is 89.9 Å². The molecule has 0 aliphatic heterocycles. The number of hydrogen-bond acceptors (Lipinski definition) is 6. The monoisotopic (exact) mass is 1050 g/mol. The highest BCUT2D eigenvalue weighted by Crippen LogP contribution is 2.18. The van der Waals surface area contributed by atoms with Crippen molar-refractivity contribution in [3.05, 3.63) is 60.8 Å². The molecule has 0 aromatic carbocycles. The molecule has 436 valence electrons. The summed E-state index contributed by atoms with van der Waals surface area (Å²) in [5, 5.41) is 0. The second-order valence-corrected chi connectivity index (χ2v) is 22.0. The van der Waals surface area contributed by atoms with Crippen molar-refractivity contribution in [2.45, 2.75) is 348 Å². The Morgan fingerprint density at radius 3 is 0.813 bits per heavy atom. The van der Waals surface area contributed by atoms with Crippen LogP contribution in [0.5, 0.6) is 0 Å². The van der Waals surface area contributed by atoms with Crippen molar-refractivity contribution < 1.29 is 28.6 Å². The van der Waals surface area contributed by atoms with E-state index in [2.05, 4.69) is 81.5 Å². The van der Waals surface area contributed by atoms with E-state index in [1.165, 1.54) is 212 Å². The highest BCUT2D eigenvalue weighted by Gasteiger charge is 2.19. The first-order valence-electron chi connectivity index (χ1n) is 32.8. The summed E-state index contributed by atoms with van der Waals surface area (Å²) in [7, 11) is 0. The second-order valence-electron chi connectivity index (χ2n) is 22.0. The molecule has 0 radical (unpaired) electrons. The number of ether oxygens (including phenoxy) is 3. The van der Waals surface area contributed by atoms with Gasteiger partial charge in [0.2, 0.25) is 0 Å². The topological polar surface area (TPSA) is 78.9 Å². The van der Waals surface area contributed by atoms with Crippen LogP contribution < -0.4 is 0 Å². The maximum atomic E-state index is 12.9. The normalized spacial score (nSPS) is 12.4. The third kappa shape index (κ3) is 61.8. The average molecular weight is 1050 g/mol. The molecule has 0 heterocycles. The first kappa shape index (κ1) is 72.1. The predicted molar refractivity (Wildman–Crippen MR) is 325 cm³/mol. The van der Waals surface area contributed by atoms with Crippen LogP contribution in [0.15, 0.2) is 60.8 Å². The quantitative estimate of drug-likeness (QED) is 0.0261. The first-order chi connectivity index (χ1) is 37.0. The Labute approximate surface area is 466 Å². The molecule has 75 heavy (non-hydrogen) atoms. The summed E-state index contributed by atoms with van der Waals surface area (Å²) >= 11 is 0. The van der Waals surface area contributed by atoms with Crippen molar-refractivity contribution in [2.75, 3.05) is 13.2 Å². The summed E-state index contributed by atoms with van der Waals surface area (Å²) in [6.45, 7) is 6.55. The molecule has 0 saturated heterocycles. The van der Waals surface area contributed by atoms with E-state index in [1.54, 1.807) is 0 Å². The molecule has 6 nitrogen and oxygen atoms in total. The van der Waals surface area contributed by atoms with E-state index in [0.29, 0.717) is 19.3 Å². The van der Waals surface area contributed by atoms with Crippen LogP contribution in [0.25, 0.3) is 0 Å². The van der Waals surface area contributed by atoms with Gasteiger partial charge in [0.05, 0.1) is 0 Å². The van der Waals surface area contributed by atoms with Crippen LogP contribution in [0, 0.1) is 0 Å². The van der Waals surface area contributed by atoms with Crippen LogP contribution in [0.4, 0.5) is 0 Å². The lowest BCUT2D eigenvalue weighted by atomic mass is 10.0. The Morgan fingerprint density at radius 1 is 0.280 bits per heavy atom. The van der Waals surface area contributed by atoms with Gasteiger partial charge in [0.25, 0.3) is 0 Å². The molecule has 1 unspecified atom stereocenters. The number of unbranched alkanes of at least 4 members (excludes halogenated alkanes) is 39. The van der Waals surface area contributed by atoms with Gasteiger partial charge in [-0.3, -0.25) is 14.4 Å². The van der Waals surface area contributed by atoms with Gasteiger partial charge in [-0.15, -0.1) is 0 Å². The Balaban J connectivity index is 4.07. The van der Waals surface area contributed by atoms with Crippen LogP contribution in [-0.4, -0.2) is 37.2 Å². The van der Waals surface area contributed by atoms with Gasteiger partial charge in [-0.2, -0.15) is 0 Å². The average Bonchev–Trinajstić information content (AvgIpc) is 3.41. The van der Waals surface area contributed by atoms with E-state index in [-0.39, 0.29) is 31.1 Å². The number of allylic oxidation sites excluding steroid dienone is 10. The fourth-order valence-electron chi connectivity index (χ4n) is 9.65. The van der Waals surface area contributed by atoms with Gasteiger partial charge in [0, 0.05) is 19.3 Å². The molecule has 0 aromatic rings. The summed E-state index contributed by atoms with van der Waals surface area (Å²) in [6, 6.07) is 0. The fraction of sp³-hybridized carbons (Fsp3) is 0.812. The van der Waals surface area contributed by atoms with Crippen molar-refractivity contribution >= 4 is 17.9 Å². The number of carbonyl (C=O) groups is 3. The lowest BCUT2D eigenvalue weighted by Crippen LogP contribution is -2.30. The standard InChI is InChI=1S/C69H124O6/c1-4-7-10-13-16-19-21-23-25-27-29-30-31-32-33-34-35-36-37-38-39-40-41-43-44-46-48-50-53-56-59-62-68(71)74-65-66(64-73-67(70)61-58-55-52-18-15-12-9-6-3)75-69(72)63-60-57-54-51-49-47-45-42-28-26-24-22-20-17-14-11-8-5-2/h7,10,16,19,23,25,29-30,32-33,66H,4-6,8-9,11-15,17-18,20-22,24,26-28,31,34-65H2,1-3H3/b10-7-,19-16-,25-23-,30-29-,33-32-. The van der Waals surface area contributed by atoms with Crippen molar-refractivity contribution in [3.63, 3.8) is 0 Å². The zero-order chi connectivity index (χ0) is 54.3. The summed E-state index contributed by atoms with van der Waals surface area (Å²) in [5.74, 6) is -0.852. The van der Waals surface area contributed by atoms with Crippen molar-refractivity contribution in [1.29, 1.82) is 0 Å². The highest BCUT2D eigenvalue weighted by atomic mass is 16.6. The molecular formula is C69H124O6. The molecule has 0 rings (SSSR count). The van der Waals surface area contributed by atoms with E-state index in [4.69, 9.17) is 14.2 Å². The largest absolute Gasteiger partial charge is 0.462 e. The number of carbonyl (C=O) groups excluding carboxylic acids is 3. The zero-order valence-electron chi connectivity index (χ0n) is 50.1. The van der Waals surface area contributed by atoms with E-state index < -0.39 is 6.10 Å². The minimum atomic E-state index is -0.768. The molecule has 0 aliphatic rings. The molecule has 0 aliphatic carbocycles. The summed E-state index contributed by atoms with van der Waals surface area (Å²) < 4.78 is 16.9. The minimum absolute atomic E-state index is 0.0680. The smallest absolute Gasteiger partial charge is 0.306 e. The molecule has 0 aromatic heterocycles. The number of esters is 3. The summed E-state index contributed by atoms with van der Waals surface area (Å²) in [5.41, 5.74) is 0. The van der Waals surface area contributed by atoms with E-state index >= 15 is 0 Å². The van der Waals surface area contributed by atoms with Gasteiger partial charge in [0.1, 0.15) is 13.2 Å². The van der Waals surface area contributed by atoms with Gasteiger partial charge in [-0.25, -0.2) is 0 Å². The van der Waals surface area contributed by atoms with Gasteiger partial charge >= 0.3 is 17.9 Å². The number of hydrogen-bond donors (Lipinski definition) is 0. The minimum Gasteiger partial charge on any atom is -0.462 e. The van der Waals surface area contributed by atoms with Crippen LogP contribution in [0.2, 0.25) is 0 Å². The maximum Gasteiger partial charge on any atom is 0.306 e. The molecule has 6 heteroatoms. The first-order valence-corrected chi connectivity index (χ1v) is 32.8. The second kappa shape index (κ2) is 63.6. The highest BCUT2D eigenvalue weighted by molar-refractivity contribution is 5.71. The third-order valence-electron chi connectivity index (χ3n) is 14.5. The number of rotatable bonds is 60. The molecule has 0 bridgehead atoms. The van der Waals surface area contributed by atoms with Gasteiger partial charge in [-0.05, 0) is 64.2 Å². The third-order valence-corrected chi connectivity index (χ3v) is 14.5. The Morgan fingerprint density at radius 2 is 0.520 bits per heavy atom. The van der Waals surface area contributed by atoms with Crippen LogP contribution in [-0.2, 0) is 28.6 Å². The van der Waals surface area contributed by atoms with Gasteiger partial charge in [0.15, 0.2) is 6.10 Å². The van der Waals surface area contributed by atoms with Gasteiger partial charge in [-0.1, -0.05) is 319 Å². The van der Waals surface area contributed by atoms with Crippen LogP contribution in [0.3, 0.4) is 0 Å². The van der Waals surface area contributed by atoms with Crippen LogP contribution >= 0.6 is 0 Å². The van der Waals surface area contributed by atoms with E-state index in [9.17, 15) is 14.4 Å². The Kier molecular flexibility index (Phi) is 61.2. The fourth-order valence-corrected chi connectivity index (χ4v) is 9.65. The molecule has 0 N–H and O–H groups in total. The lowest BCUT2D eigenvalue weighted by molar-refractivity contribution is -0.167.